The van der Waals surface area contributed by atoms with Crippen molar-refractivity contribution in [1.29, 1.82) is 0 Å². The molecule has 1 aromatic carbocycles. The standard InChI is InChI=1S/C22H35N3O2/c1-2-23-21(24-14-8-15-27-20-11-16-26-17-20)25-18-22(12-6-7-13-22)19-9-4-3-5-10-19/h3-5,9-10,20H,2,6-8,11-18H2,1H3,(H2,23,24,25). The minimum absolute atomic E-state index is 0.204. The first-order chi connectivity index (χ1) is 13.3. The first-order valence-electron chi connectivity index (χ1n) is 10.6. The first kappa shape index (κ1) is 20.2. The lowest BCUT2D eigenvalue weighted by molar-refractivity contribution is 0.0420. The molecule has 1 aromatic rings. The Morgan fingerprint density at radius 2 is 2.04 bits per heavy atom. The van der Waals surface area contributed by atoms with Gasteiger partial charge >= 0.3 is 0 Å². The van der Waals surface area contributed by atoms with Crippen LogP contribution in [-0.2, 0) is 14.9 Å². The van der Waals surface area contributed by atoms with Crippen LogP contribution in [0.25, 0.3) is 0 Å². The van der Waals surface area contributed by atoms with E-state index in [1.54, 1.807) is 0 Å². The van der Waals surface area contributed by atoms with Crippen LogP contribution >= 0.6 is 0 Å². The lowest BCUT2D eigenvalue weighted by Gasteiger charge is -2.28. The van der Waals surface area contributed by atoms with E-state index in [-0.39, 0.29) is 5.41 Å². The van der Waals surface area contributed by atoms with Gasteiger partial charge in [-0.3, -0.25) is 4.99 Å². The zero-order valence-corrected chi connectivity index (χ0v) is 16.7. The van der Waals surface area contributed by atoms with Crippen molar-refractivity contribution in [1.82, 2.24) is 10.6 Å². The van der Waals surface area contributed by atoms with Crippen LogP contribution in [0.15, 0.2) is 35.3 Å². The lowest BCUT2D eigenvalue weighted by atomic mass is 9.79. The molecule has 1 heterocycles. The minimum Gasteiger partial charge on any atom is -0.379 e. The van der Waals surface area contributed by atoms with Crippen molar-refractivity contribution in [2.75, 3.05) is 39.5 Å². The van der Waals surface area contributed by atoms with E-state index in [0.29, 0.717) is 6.10 Å². The largest absolute Gasteiger partial charge is 0.379 e. The topological polar surface area (TPSA) is 54.9 Å². The Morgan fingerprint density at radius 1 is 1.22 bits per heavy atom. The summed E-state index contributed by atoms with van der Waals surface area (Å²) >= 11 is 0. The molecular formula is C22H35N3O2. The van der Waals surface area contributed by atoms with E-state index in [1.807, 2.05) is 0 Å². The Bertz CT molecular complexity index is 564. The Hall–Kier alpha value is -1.59. The van der Waals surface area contributed by atoms with E-state index < -0.39 is 0 Å². The summed E-state index contributed by atoms with van der Waals surface area (Å²) in [6, 6.07) is 10.9. The van der Waals surface area contributed by atoms with E-state index in [0.717, 1.165) is 58.3 Å². The third-order valence-corrected chi connectivity index (χ3v) is 5.69. The van der Waals surface area contributed by atoms with Gasteiger partial charge in [-0.25, -0.2) is 0 Å². The molecule has 0 spiro atoms. The molecule has 3 rings (SSSR count). The van der Waals surface area contributed by atoms with Crippen molar-refractivity contribution >= 4 is 5.96 Å². The van der Waals surface area contributed by atoms with E-state index in [9.17, 15) is 0 Å². The fourth-order valence-corrected chi connectivity index (χ4v) is 4.13. The highest BCUT2D eigenvalue weighted by Crippen LogP contribution is 2.41. The number of hydrogen-bond donors (Lipinski definition) is 2. The Labute approximate surface area is 163 Å². The molecule has 1 saturated carbocycles. The summed E-state index contributed by atoms with van der Waals surface area (Å²) in [7, 11) is 0. The molecule has 2 N–H and O–H groups in total. The van der Waals surface area contributed by atoms with Crippen molar-refractivity contribution in [2.45, 2.75) is 57.0 Å². The fourth-order valence-electron chi connectivity index (χ4n) is 4.13. The second-order valence-electron chi connectivity index (χ2n) is 7.69. The number of nitrogens with zero attached hydrogens (tertiary/aromatic N) is 1. The van der Waals surface area contributed by atoms with E-state index in [4.69, 9.17) is 14.5 Å². The molecule has 1 aliphatic carbocycles. The summed E-state index contributed by atoms with van der Waals surface area (Å²) < 4.78 is 11.2. The molecule has 27 heavy (non-hydrogen) atoms. The monoisotopic (exact) mass is 373 g/mol. The second-order valence-corrected chi connectivity index (χ2v) is 7.69. The number of benzene rings is 1. The number of nitrogens with one attached hydrogen (secondary N) is 2. The quantitative estimate of drug-likeness (QED) is 0.396. The highest BCUT2D eigenvalue weighted by atomic mass is 16.5. The molecule has 1 saturated heterocycles. The average molecular weight is 374 g/mol. The van der Waals surface area contributed by atoms with Gasteiger partial charge in [0.1, 0.15) is 0 Å². The third kappa shape index (κ3) is 5.94. The van der Waals surface area contributed by atoms with Crippen LogP contribution < -0.4 is 10.6 Å². The average Bonchev–Trinajstić information content (AvgIpc) is 3.39. The van der Waals surface area contributed by atoms with Crippen molar-refractivity contribution in [3.05, 3.63) is 35.9 Å². The molecule has 0 bridgehead atoms. The summed E-state index contributed by atoms with van der Waals surface area (Å²) in [6.07, 6.45) is 7.37. The van der Waals surface area contributed by atoms with Crippen molar-refractivity contribution in [2.24, 2.45) is 4.99 Å². The van der Waals surface area contributed by atoms with Gasteiger partial charge in [0.05, 0.1) is 19.3 Å². The van der Waals surface area contributed by atoms with Gasteiger partial charge in [-0.05, 0) is 38.2 Å². The van der Waals surface area contributed by atoms with Crippen molar-refractivity contribution < 1.29 is 9.47 Å². The molecule has 5 heteroatoms. The second kappa shape index (κ2) is 10.7. The maximum absolute atomic E-state index is 5.83. The lowest BCUT2D eigenvalue weighted by Crippen LogP contribution is -2.39. The number of aliphatic imine (C=N–C) groups is 1. The van der Waals surface area contributed by atoms with Crippen LogP contribution in [-0.4, -0.2) is 51.5 Å². The highest BCUT2D eigenvalue weighted by Gasteiger charge is 2.35. The number of ether oxygens (including phenoxy) is 2. The molecule has 1 aliphatic heterocycles. The van der Waals surface area contributed by atoms with Gasteiger partial charge in [0, 0.05) is 31.7 Å². The van der Waals surface area contributed by atoms with Gasteiger partial charge in [-0.2, -0.15) is 0 Å². The van der Waals surface area contributed by atoms with E-state index >= 15 is 0 Å². The summed E-state index contributed by atoms with van der Waals surface area (Å²) in [4.78, 5) is 4.95. The number of hydrogen-bond acceptors (Lipinski definition) is 3. The molecular weight excluding hydrogens is 338 g/mol. The Kier molecular flexibility index (Phi) is 7.96. The predicted molar refractivity (Wildman–Crippen MR) is 110 cm³/mol. The maximum atomic E-state index is 5.83. The fraction of sp³-hybridized carbons (Fsp3) is 0.682. The Balaban J connectivity index is 1.49. The molecule has 1 unspecified atom stereocenters. The van der Waals surface area contributed by atoms with Gasteiger partial charge in [-0.1, -0.05) is 43.2 Å². The van der Waals surface area contributed by atoms with E-state index in [2.05, 4.69) is 47.9 Å². The zero-order valence-electron chi connectivity index (χ0n) is 16.7. The van der Waals surface area contributed by atoms with Gasteiger partial charge in [0.15, 0.2) is 5.96 Å². The van der Waals surface area contributed by atoms with Crippen LogP contribution in [0.1, 0.15) is 51.0 Å². The normalized spacial score (nSPS) is 22.1. The zero-order chi connectivity index (χ0) is 18.8. The van der Waals surface area contributed by atoms with Crippen LogP contribution in [0.3, 0.4) is 0 Å². The maximum Gasteiger partial charge on any atom is 0.191 e. The first-order valence-corrected chi connectivity index (χ1v) is 10.6. The molecule has 2 fully saturated rings. The van der Waals surface area contributed by atoms with Crippen molar-refractivity contribution in [3.8, 4) is 0 Å². The molecule has 2 aliphatic rings. The van der Waals surface area contributed by atoms with Crippen LogP contribution in [0.2, 0.25) is 0 Å². The Morgan fingerprint density at radius 3 is 2.74 bits per heavy atom. The van der Waals surface area contributed by atoms with Crippen LogP contribution in [0, 0.1) is 0 Å². The molecule has 0 radical (unpaired) electrons. The smallest absolute Gasteiger partial charge is 0.191 e. The van der Waals surface area contributed by atoms with Gasteiger partial charge in [-0.15, -0.1) is 0 Å². The number of rotatable bonds is 9. The third-order valence-electron chi connectivity index (χ3n) is 5.69. The molecule has 0 amide bonds. The van der Waals surface area contributed by atoms with Gasteiger partial charge < -0.3 is 20.1 Å². The molecule has 150 valence electrons. The van der Waals surface area contributed by atoms with Crippen LogP contribution in [0.4, 0.5) is 0 Å². The number of guanidine groups is 1. The summed E-state index contributed by atoms with van der Waals surface area (Å²) in [5, 5.41) is 6.85. The van der Waals surface area contributed by atoms with E-state index in [1.165, 1.54) is 31.2 Å². The summed E-state index contributed by atoms with van der Waals surface area (Å²) in [5.41, 5.74) is 1.64. The van der Waals surface area contributed by atoms with Gasteiger partial charge in [0.25, 0.3) is 0 Å². The summed E-state index contributed by atoms with van der Waals surface area (Å²) in [6.45, 7) is 7.07. The molecule has 0 aromatic heterocycles. The highest BCUT2D eigenvalue weighted by molar-refractivity contribution is 5.79. The van der Waals surface area contributed by atoms with Crippen LogP contribution in [0.5, 0.6) is 0 Å². The van der Waals surface area contributed by atoms with Gasteiger partial charge in [0.2, 0.25) is 0 Å². The minimum atomic E-state index is 0.204. The predicted octanol–water partition coefficient (Wildman–Crippen LogP) is 3.25. The molecule has 5 nitrogen and oxygen atoms in total. The summed E-state index contributed by atoms with van der Waals surface area (Å²) in [5.74, 6) is 0.920. The SMILES string of the molecule is CCNC(=NCC1(c2ccccc2)CCCC1)NCCCOC1CCOC1. The molecule has 1 atom stereocenters. The van der Waals surface area contributed by atoms with Crippen molar-refractivity contribution in [3.63, 3.8) is 0 Å².